The zero-order valence-electron chi connectivity index (χ0n) is 15.5. The van der Waals surface area contributed by atoms with E-state index in [2.05, 4.69) is 5.32 Å². The van der Waals surface area contributed by atoms with Gasteiger partial charge in [0.15, 0.2) is 17.5 Å². The van der Waals surface area contributed by atoms with Crippen LogP contribution in [0.4, 0.5) is 18.9 Å². The number of amides is 1. The van der Waals surface area contributed by atoms with Gasteiger partial charge in [-0.2, -0.15) is 0 Å². The van der Waals surface area contributed by atoms with Crippen LogP contribution in [0.2, 0.25) is 0 Å². The quantitative estimate of drug-likeness (QED) is 0.744. The van der Waals surface area contributed by atoms with E-state index in [1.807, 2.05) is 6.07 Å². The number of methoxy groups -OCH3 is 2. The predicted octanol–water partition coefficient (Wildman–Crippen LogP) is 3.58. The third kappa shape index (κ3) is 4.71. The Morgan fingerprint density at radius 3 is 2.44 bits per heavy atom. The fraction of sp³-hybridized carbons (Fsp3) is 0.316. The number of halogens is 3. The van der Waals surface area contributed by atoms with Gasteiger partial charge in [-0.1, -0.05) is 6.07 Å². The first-order valence-electron chi connectivity index (χ1n) is 8.14. The molecule has 0 radical (unpaired) electrons. The second-order valence-corrected chi connectivity index (χ2v) is 5.98. The summed E-state index contributed by atoms with van der Waals surface area (Å²) in [6.45, 7) is 1.98. The summed E-state index contributed by atoms with van der Waals surface area (Å²) in [5.74, 6) is -3.71. The minimum atomic E-state index is -1.63. The van der Waals surface area contributed by atoms with Crippen LogP contribution in [0.1, 0.15) is 12.5 Å². The zero-order valence-corrected chi connectivity index (χ0v) is 15.5. The van der Waals surface area contributed by atoms with Crippen LogP contribution in [0, 0.1) is 17.5 Å². The average Bonchev–Trinajstić information content (AvgIpc) is 2.67. The summed E-state index contributed by atoms with van der Waals surface area (Å²) in [4.78, 5) is 14.1. The van der Waals surface area contributed by atoms with Crippen molar-refractivity contribution in [2.45, 2.75) is 19.5 Å². The third-order valence-electron chi connectivity index (χ3n) is 4.25. The molecular weight excluding hydrogens is 361 g/mol. The van der Waals surface area contributed by atoms with Crippen molar-refractivity contribution >= 4 is 11.6 Å². The van der Waals surface area contributed by atoms with Gasteiger partial charge in [-0.3, -0.25) is 9.69 Å². The van der Waals surface area contributed by atoms with E-state index >= 15 is 0 Å². The number of benzene rings is 2. The van der Waals surface area contributed by atoms with Crippen molar-refractivity contribution in [3.8, 4) is 11.5 Å². The largest absolute Gasteiger partial charge is 0.497 e. The molecule has 1 atom stereocenters. The van der Waals surface area contributed by atoms with E-state index in [0.29, 0.717) is 18.0 Å². The Morgan fingerprint density at radius 1 is 1.11 bits per heavy atom. The first-order chi connectivity index (χ1) is 12.8. The summed E-state index contributed by atoms with van der Waals surface area (Å²) < 4.78 is 50.5. The maximum atomic E-state index is 13.7. The lowest BCUT2D eigenvalue weighted by atomic mass is 10.1. The molecule has 146 valence electrons. The van der Waals surface area contributed by atoms with Crippen molar-refractivity contribution < 1.29 is 27.4 Å². The molecule has 2 aromatic carbocycles. The highest BCUT2D eigenvalue weighted by atomic mass is 19.2. The lowest BCUT2D eigenvalue weighted by molar-refractivity contribution is -0.120. The van der Waals surface area contributed by atoms with Crippen LogP contribution in [-0.4, -0.2) is 38.1 Å². The average molecular weight is 382 g/mol. The highest BCUT2D eigenvalue weighted by Gasteiger charge is 2.22. The maximum absolute atomic E-state index is 13.7. The molecule has 2 rings (SSSR count). The van der Waals surface area contributed by atoms with Gasteiger partial charge in [0.2, 0.25) is 5.91 Å². The molecular formula is C19H21F3N2O3. The Bertz CT molecular complexity index is 830. The number of likely N-dealkylation sites (N-methyl/N-ethyl adjacent to an activating group) is 1. The molecule has 0 fully saturated rings. The molecule has 1 amide bonds. The predicted molar refractivity (Wildman–Crippen MR) is 95.4 cm³/mol. The molecule has 0 aliphatic rings. The Kier molecular flexibility index (Phi) is 6.68. The van der Waals surface area contributed by atoms with Crippen LogP contribution < -0.4 is 14.8 Å². The monoisotopic (exact) mass is 382 g/mol. The molecule has 0 aliphatic heterocycles. The first-order valence-corrected chi connectivity index (χ1v) is 8.14. The normalized spacial score (nSPS) is 12.0. The Balaban J connectivity index is 2.10. The summed E-state index contributed by atoms with van der Waals surface area (Å²) in [6, 6.07) is 6.37. The molecule has 0 unspecified atom stereocenters. The molecule has 27 heavy (non-hydrogen) atoms. The van der Waals surface area contributed by atoms with Crippen LogP contribution in [0.5, 0.6) is 11.5 Å². The van der Waals surface area contributed by atoms with Gasteiger partial charge in [0, 0.05) is 18.2 Å². The number of carbonyl (C=O) groups excluding carboxylic acids is 1. The standard InChI is InChI=1S/C19H21F3N2O3/c1-11(19(25)23-15-8-7-14(20)17(21)18(15)22)24(2)10-12-5-6-13(26-3)9-16(12)27-4/h5-9,11H,10H2,1-4H3,(H,23,25)/t11-/m1/s1. The van der Waals surface area contributed by atoms with Crippen molar-refractivity contribution in [1.29, 1.82) is 0 Å². The maximum Gasteiger partial charge on any atom is 0.241 e. The van der Waals surface area contributed by atoms with Gasteiger partial charge < -0.3 is 14.8 Å². The van der Waals surface area contributed by atoms with Crippen LogP contribution in [0.25, 0.3) is 0 Å². The van der Waals surface area contributed by atoms with Crippen molar-refractivity contribution in [3.63, 3.8) is 0 Å². The number of carbonyl (C=O) groups is 1. The second-order valence-electron chi connectivity index (χ2n) is 5.98. The van der Waals surface area contributed by atoms with E-state index in [0.717, 1.165) is 17.7 Å². The van der Waals surface area contributed by atoms with E-state index in [4.69, 9.17) is 9.47 Å². The fourth-order valence-corrected chi connectivity index (χ4v) is 2.45. The molecule has 0 aromatic heterocycles. The summed E-state index contributed by atoms with van der Waals surface area (Å²) in [6.07, 6.45) is 0. The van der Waals surface area contributed by atoms with Gasteiger partial charge in [0.05, 0.1) is 25.9 Å². The summed E-state index contributed by atoms with van der Waals surface area (Å²) in [5, 5.41) is 2.28. The summed E-state index contributed by atoms with van der Waals surface area (Å²) in [7, 11) is 4.78. The van der Waals surface area contributed by atoms with Crippen LogP contribution in [0.15, 0.2) is 30.3 Å². The number of anilines is 1. The highest BCUT2D eigenvalue weighted by Crippen LogP contribution is 2.26. The van der Waals surface area contributed by atoms with Gasteiger partial charge in [0.1, 0.15) is 11.5 Å². The third-order valence-corrected chi connectivity index (χ3v) is 4.25. The molecule has 0 saturated heterocycles. The molecule has 0 saturated carbocycles. The topological polar surface area (TPSA) is 50.8 Å². The first kappa shape index (κ1) is 20.6. The lowest BCUT2D eigenvalue weighted by Gasteiger charge is -2.25. The van der Waals surface area contributed by atoms with E-state index in [1.165, 1.54) is 7.11 Å². The number of nitrogens with zero attached hydrogens (tertiary/aromatic N) is 1. The van der Waals surface area contributed by atoms with Crippen LogP contribution in [0.3, 0.4) is 0 Å². The smallest absolute Gasteiger partial charge is 0.241 e. The highest BCUT2D eigenvalue weighted by molar-refractivity contribution is 5.94. The molecule has 0 aliphatic carbocycles. The zero-order chi connectivity index (χ0) is 20.1. The minimum absolute atomic E-state index is 0.363. The van der Waals surface area contributed by atoms with Crippen molar-refractivity contribution in [2.24, 2.45) is 0 Å². The number of hydrogen-bond donors (Lipinski definition) is 1. The molecule has 5 nitrogen and oxygen atoms in total. The van der Waals surface area contributed by atoms with Crippen molar-refractivity contribution in [3.05, 3.63) is 53.3 Å². The lowest BCUT2D eigenvalue weighted by Crippen LogP contribution is -2.39. The number of ether oxygens (including phenoxy) is 2. The van der Waals surface area contributed by atoms with Crippen LogP contribution in [-0.2, 0) is 11.3 Å². The van der Waals surface area contributed by atoms with Gasteiger partial charge in [0.25, 0.3) is 0 Å². The fourth-order valence-electron chi connectivity index (χ4n) is 2.45. The van der Waals surface area contributed by atoms with Gasteiger partial charge in [-0.25, -0.2) is 13.2 Å². The van der Waals surface area contributed by atoms with Gasteiger partial charge >= 0.3 is 0 Å². The van der Waals surface area contributed by atoms with Crippen molar-refractivity contribution in [2.75, 3.05) is 26.6 Å². The van der Waals surface area contributed by atoms with E-state index in [9.17, 15) is 18.0 Å². The van der Waals surface area contributed by atoms with Crippen molar-refractivity contribution in [1.82, 2.24) is 4.90 Å². The Hall–Kier alpha value is -2.74. The van der Waals surface area contributed by atoms with Gasteiger partial charge in [-0.15, -0.1) is 0 Å². The molecule has 0 heterocycles. The van der Waals surface area contributed by atoms with E-state index in [-0.39, 0.29) is 0 Å². The molecule has 0 spiro atoms. The van der Waals surface area contributed by atoms with E-state index < -0.39 is 35.1 Å². The van der Waals surface area contributed by atoms with E-state index in [1.54, 1.807) is 38.1 Å². The number of rotatable bonds is 7. The molecule has 8 heteroatoms. The van der Waals surface area contributed by atoms with Gasteiger partial charge in [-0.05, 0) is 32.2 Å². The SMILES string of the molecule is COc1ccc(CN(C)[C@H](C)C(=O)Nc2ccc(F)c(F)c2F)c(OC)c1. The van der Waals surface area contributed by atoms with Crippen LogP contribution >= 0.6 is 0 Å². The Labute approximate surface area is 155 Å². The summed E-state index contributed by atoms with van der Waals surface area (Å²) in [5.41, 5.74) is 0.403. The molecule has 1 N–H and O–H groups in total. The molecule has 0 bridgehead atoms. The second kappa shape index (κ2) is 8.77. The molecule has 2 aromatic rings. The minimum Gasteiger partial charge on any atom is -0.497 e. The Morgan fingerprint density at radius 2 is 1.81 bits per heavy atom. The summed E-state index contributed by atoms with van der Waals surface area (Å²) >= 11 is 0. The number of nitrogens with one attached hydrogen (secondary N) is 1. The number of hydrogen-bond acceptors (Lipinski definition) is 4.